The molecule has 0 radical (unpaired) electrons. The van der Waals surface area contributed by atoms with Crippen LogP contribution in [0.1, 0.15) is 58.7 Å². The molecule has 154 valence electrons. The van der Waals surface area contributed by atoms with Gasteiger partial charge in [0.15, 0.2) is 0 Å². The van der Waals surface area contributed by atoms with E-state index in [4.69, 9.17) is 5.11 Å². The Kier molecular flexibility index (Phi) is 20.2. The van der Waals surface area contributed by atoms with E-state index >= 15 is 0 Å². The van der Waals surface area contributed by atoms with Crippen molar-refractivity contribution < 1.29 is 36.1 Å². The zero-order valence-electron chi connectivity index (χ0n) is 17.0. The predicted octanol–water partition coefficient (Wildman–Crippen LogP) is 3.57. The summed E-state index contributed by atoms with van der Waals surface area (Å²) in [5.74, 6) is 0. The molecular weight excluding hydrogens is 421 g/mol. The molecule has 1 aliphatic heterocycles. The van der Waals surface area contributed by atoms with Crippen molar-refractivity contribution in [3.8, 4) is 0 Å². The monoisotopic (exact) mass is 459 g/mol. The second-order valence-corrected chi connectivity index (χ2v) is 7.38. The van der Waals surface area contributed by atoms with Crippen molar-refractivity contribution in [1.82, 2.24) is 4.90 Å². The molecule has 1 saturated heterocycles. The molecule has 1 heterocycles. The van der Waals surface area contributed by atoms with Crippen LogP contribution in [0.2, 0.25) is 0 Å². The van der Waals surface area contributed by atoms with Crippen LogP contribution in [-0.4, -0.2) is 28.4 Å². The summed E-state index contributed by atoms with van der Waals surface area (Å²) >= 11 is 3.41. The van der Waals surface area contributed by atoms with Crippen molar-refractivity contribution in [2.24, 2.45) is 0 Å². The molecule has 0 unspecified atom stereocenters. The molecule has 1 N–H and O–H groups in total. The zero-order valence-corrected chi connectivity index (χ0v) is 19.6. The molecule has 2 aromatic carbocycles. The Morgan fingerprint density at radius 2 is 1.39 bits per heavy atom. The van der Waals surface area contributed by atoms with Gasteiger partial charge in [0, 0.05) is 11.9 Å². The summed E-state index contributed by atoms with van der Waals surface area (Å²) < 4.78 is 0. The molecule has 4 heteroatoms. The Bertz CT molecular complexity index is 577. The molecule has 0 aromatic heterocycles. The normalized spacial score (nSPS) is 13.1. The van der Waals surface area contributed by atoms with Crippen molar-refractivity contribution in [1.29, 1.82) is 0 Å². The second-order valence-electron chi connectivity index (χ2n) is 6.59. The molecule has 2 aromatic rings. The van der Waals surface area contributed by atoms with Gasteiger partial charge in [-0.1, -0.05) is 91.8 Å². The first-order valence-corrected chi connectivity index (χ1v) is 10.4. The van der Waals surface area contributed by atoms with Crippen LogP contribution in [0, 0.1) is 0 Å². The number of aliphatic hydroxyl groups excluding tert-OH is 1. The zero-order chi connectivity index (χ0) is 17.7. The van der Waals surface area contributed by atoms with Crippen molar-refractivity contribution in [3.05, 3.63) is 71.3 Å². The standard InChI is InChI=1S/C13H19NO.C9H11Br.2CH4.Na.H/c15-11-13-6-4-12(5-7-13)10-14-8-2-1-3-9-14;10-8-4-7-9-5-2-1-3-6-9;;;;/h4-7,15H,1-3,8-11H2;1-3,5-6H,4,7-8H2;2*1H4;;/q;;;;+1;-1. The topological polar surface area (TPSA) is 23.5 Å². The fourth-order valence-corrected chi connectivity index (χ4v) is 3.32. The summed E-state index contributed by atoms with van der Waals surface area (Å²) in [6.45, 7) is 3.68. The number of likely N-dealkylation sites (tertiary alicyclic amines) is 1. The number of nitrogens with zero attached hydrogens (tertiary/aromatic N) is 1. The van der Waals surface area contributed by atoms with E-state index in [-0.39, 0.29) is 52.4 Å². The minimum absolute atomic E-state index is 0. The van der Waals surface area contributed by atoms with Crippen LogP contribution >= 0.6 is 15.9 Å². The number of aryl methyl sites for hydroxylation is 1. The molecule has 0 aliphatic carbocycles. The van der Waals surface area contributed by atoms with E-state index in [1.807, 2.05) is 12.1 Å². The number of benzene rings is 2. The summed E-state index contributed by atoms with van der Waals surface area (Å²) in [6, 6.07) is 18.8. The first-order chi connectivity index (χ1) is 12.3. The summed E-state index contributed by atoms with van der Waals surface area (Å²) in [4.78, 5) is 2.51. The van der Waals surface area contributed by atoms with Gasteiger partial charge in [-0.05, 0) is 55.5 Å². The quantitative estimate of drug-likeness (QED) is 0.527. The Morgan fingerprint density at radius 3 is 1.93 bits per heavy atom. The first kappa shape index (κ1) is 30.0. The molecule has 1 aliphatic rings. The van der Waals surface area contributed by atoms with Crippen LogP contribution in [-0.2, 0) is 19.6 Å². The number of aliphatic hydroxyl groups is 1. The van der Waals surface area contributed by atoms with E-state index in [9.17, 15) is 0 Å². The van der Waals surface area contributed by atoms with Crippen LogP contribution in [0.15, 0.2) is 54.6 Å². The third-order valence-corrected chi connectivity index (χ3v) is 5.06. The maximum absolute atomic E-state index is 8.94. The Balaban J connectivity index is -0.000000434. The van der Waals surface area contributed by atoms with Crippen LogP contribution < -0.4 is 29.6 Å². The Labute approximate surface area is 205 Å². The van der Waals surface area contributed by atoms with Crippen molar-refractivity contribution in [2.75, 3.05) is 18.4 Å². The summed E-state index contributed by atoms with van der Waals surface area (Å²) in [7, 11) is 0. The minimum atomic E-state index is 0. The second kappa shape index (κ2) is 18.8. The Hall–Kier alpha value is -0.160. The van der Waals surface area contributed by atoms with Gasteiger partial charge in [-0.2, -0.15) is 0 Å². The number of piperidine rings is 1. The summed E-state index contributed by atoms with van der Waals surface area (Å²) in [5, 5.41) is 10.0. The molecule has 2 nitrogen and oxygen atoms in total. The number of alkyl halides is 1. The van der Waals surface area contributed by atoms with Crippen molar-refractivity contribution >= 4 is 15.9 Å². The van der Waals surface area contributed by atoms with Crippen LogP contribution in [0.25, 0.3) is 0 Å². The third kappa shape index (κ3) is 12.4. The average Bonchev–Trinajstić information content (AvgIpc) is 2.69. The molecule has 3 rings (SSSR count). The van der Waals surface area contributed by atoms with Crippen LogP contribution in [0.4, 0.5) is 0 Å². The number of rotatable bonds is 6. The fraction of sp³-hybridized carbons (Fsp3) is 0.500. The van der Waals surface area contributed by atoms with Gasteiger partial charge in [0.2, 0.25) is 0 Å². The first-order valence-electron chi connectivity index (χ1n) is 9.32. The van der Waals surface area contributed by atoms with Gasteiger partial charge in [0.25, 0.3) is 0 Å². The summed E-state index contributed by atoms with van der Waals surface area (Å²) in [6.07, 6.45) is 6.49. The van der Waals surface area contributed by atoms with E-state index in [0.717, 1.165) is 17.4 Å². The Morgan fingerprint density at radius 1 is 0.821 bits per heavy atom. The van der Waals surface area contributed by atoms with Gasteiger partial charge < -0.3 is 6.53 Å². The third-order valence-electron chi connectivity index (χ3n) is 4.50. The molecular formula is C24H39BrNNaO. The van der Waals surface area contributed by atoms with Gasteiger partial charge in [-0.25, -0.2) is 0 Å². The molecule has 28 heavy (non-hydrogen) atoms. The van der Waals surface area contributed by atoms with E-state index in [1.165, 1.54) is 56.3 Å². The van der Waals surface area contributed by atoms with E-state index in [1.54, 1.807) is 0 Å². The smallest absolute Gasteiger partial charge is 1.00 e. The van der Waals surface area contributed by atoms with Crippen LogP contribution in [0.3, 0.4) is 0 Å². The van der Waals surface area contributed by atoms with Gasteiger partial charge >= 0.3 is 29.6 Å². The van der Waals surface area contributed by atoms with E-state index < -0.39 is 0 Å². The average molecular weight is 460 g/mol. The predicted molar refractivity (Wildman–Crippen MR) is 125 cm³/mol. The van der Waals surface area contributed by atoms with Gasteiger partial charge in [-0.15, -0.1) is 0 Å². The fourth-order valence-electron chi connectivity index (χ4n) is 3.04. The molecule has 0 amide bonds. The van der Waals surface area contributed by atoms with Crippen molar-refractivity contribution in [3.63, 3.8) is 0 Å². The molecule has 0 saturated carbocycles. The summed E-state index contributed by atoms with van der Waals surface area (Å²) in [5.41, 5.74) is 3.79. The van der Waals surface area contributed by atoms with Crippen molar-refractivity contribution in [2.45, 2.75) is 60.1 Å². The number of hydrogen-bond acceptors (Lipinski definition) is 2. The molecule has 1 fully saturated rings. The maximum Gasteiger partial charge on any atom is 1.00 e. The van der Waals surface area contributed by atoms with Gasteiger partial charge in [-0.3, -0.25) is 4.90 Å². The SMILES string of the molecule is BrCCCc1ccccc1.C.C.OCc1ccc(CN2CCCCC2)cc1.[H-].[Na+]. The number of halogens is 1. The molecule has 0 atom stereocenters. The van der Waals surface area contributed by atoms with Crippen LogP contribution in [0.5, 0.6) is 0 Å². The largest absolute Gasteiger partial charge is 1.00 e. The van der Waals surface area contributed by atoms with E-state index in [2.05, 4.69) is 63.3 Å². The molecule has 0 spiro atoms. The van der Waals surface area contributed by atoms with Gasteiger partial charge in [0.1, 0.15) is 0 Å². The maximum atomic E-state index is 8.94. The van der Waals surface area contributed by atoms with E-state index in [0.29, 0.717) is 0 Å². The molecule has 0 bridgehead atoms. The number of hydrogen-bond donors (Lipinski definition) is 1. The van der Waals surface area contributed by atoms with Gasteiger partial charge in [0.05, 0.1) is 6.61 Å². The minimum Gasteiger partial charge on any atom is -1.00 e.